The van der Waals surface area contributed by atoms with Gasteiger partial charge in [-0.2, -0.15) is 0 Å². The number of aromatic hydroxyl groups is 1. The van der Waals surface area contributed by atoms with Gasteiger partial charge in [0.05, 0.1) is 16.3 Å². The number of halogens is 2. The van der Waals surface area contributed by atoms with Crippen molar-refractivity contribution < 1.29 is 14.1 Å². The summed E-state index contributed by atoms with van der Waals surface area (Å²) >= 11 is 12.1. The Bertz CT molecular complexity index is 1200. The lowest BCUT2D eigenvalue weighted by atomic mass is 10.0. The molecule has 1 amide bonds. The Balaban J connectivity index is 1.98. The van der Waals surface area contributed by atoms with E-state index in [-0.39, 0.29) is 22.0 Å². The normalized spacial score (nSPS) is 13.0. The Morgan fingerprint density at radius 2 is 1.62 bits per heavy atom. The van der Waals surface area contributed by atoms with Crippen molar-refractivity contribution in [2.24, 2.45) is 0 Å². The van der Waals surface area contributed by atoms with E-state index in [2.05, 4.69) is 11.2 Å². The largest absolute Gasteiger partial charge is 0.507 e. The van der Waals surface area contributed by atoms with E-state index < -0.39 is 15.4 Å². The average Bonchev–Trinajstić information content (AvgIpc) is 2.66. The minimum Gasteiger partial charge on any atom is -0.507 e. The third-order valence-electron chi connectivity index (χ3n) is 4.45. The molecule has 3 aromatic rings. The maximum absolute atomic E-state index is 13.3. The molecule has 0 aliphatic rings. The smallest absolute Gasteiger partial charge is 0.259 e. The van der Waals surface area contributed by atoms with Crippen molar-refractivity contribution in [2.75, 3.05) is 5.32 Å². The van der Waals surface area contributed by atoms with Crippen LogP contribution in [0, 0.1) is 13.8 Å². The second kappa shape index (κ2) is 8.11. The SMILES string of the molecule is C=S(=O)(c1ccc(Cl)cc1)c1ccc(Cl)c(NC(=O)c2cc(C)cc(C)c2O)c1. The fraction of sp³-hybridized carbons (Fsp3) is 0.0909. The maximum atomic E-state index is 13.3. The first-order chi connectivity index (χ1) is 13.6. The Labute approximate surface area is 180 Å². The first-order valence-corrected chi connectivity index (χ1v) is 11.1. The highest BCUT2D eigenvalue weighted by atomic mass is 35.5. The lowest BCUT2D eigenvalue weighted by Gasteiger charge is -2.14. The van der Waals surface area contributed by atoms with Gasteiger partial charge in [-0.1, -0.05) is 29.3 Å². The van der Waals surface area contributed by atoms with Gasteiger partial charge >= 0.3 is 0 Å². The topological polar surface area (TPSA) is 66.4 Å². The van der Waals surface area contributed by atoms with Crippen molar-refractivity contribution >= 4 is 50.2 Å². The first-order valence-electron chi connectivity index (χ1n) is 8.63. The third kappa shape index (κ3) is 4.42. The molecule has 2 N–H and O–H groups in total. The third-order valence-corrected chi connectivity index (χ3v) is 7.08. The summed E-state index contributed by atoms with van der Waals surface area (Å²) < 4.78 is 13.3. The van der Waals surface area contributed by atoms with Crippen molar-refractivity contribution in [3.05, 3.63) is 81.3 Å². The lowest BCUT2D eigenvalue weighted by molar-refractivity contribution is 0.102. The van der Waals surface area contributed by atoms with Crippen LogP contribution < -0.4 is 5.32 Å². The van der Waals surface area contributed by atoms with E-state index in [0.717, 1.165) is 5.56 Å². The number of rotatable bonds is 4. The van der Waals surface area contributed by atoms with E-state index in [9.17, 15) is 14.1 Å². The number of nitrogens with one attached hydrogen (secondary N) is 1. The molecule has 1 unspecified atom stereocenters. The van der Waals surface area contributed by atoms with Crippen molar-refractivity contribution in [3.63, 3.8) is 0 Å². The molecule has 0 spiro atoms. The van der Waals surface area contributed by atoms with Gasteiger partial charge < -0.3 is 10.4 Å². The lowest BCUT2D eigenvalue weighted by Crippen LogP contribution is -2.14. The summed E-state index contributed by atoms with van der Waals surface area (Å²) in [6, 6.07) is 14.6. The molecule has 3 rings (SSSR count). The summed E-state index contributed by atoms with van der Waals surface area (Å²) in [5.41, 5.74) is 1.85. The monoisotopic (exact) mass is 447 g/mol. The molecule has 0 saturated carbocycles. The number of anilines is 1. The summed E-state index contributed by atoms with van der Waals surface area (Å²) in [7, 11) is -2.83. The highest BCUT2D eigenvalue weighted by molar-refractivity contribution is 8.00. The molecule has 1 atom stereocenters. The molecule has 0 heterocycles. The molecular formula is C22H19Cl2NO3S. The van der Waals surface area contributed by atoms with Gasteiger partial charge in [0.15, 0.2) is 0 Å². The van der Waals surface area contributed by atoms with E-state index in [1.54, 1.807) is 55.5 Å². The van der Waals surface area contributed by atoms with E-state index in [1.807, 2.05) is 6.92 Å². The van der Waals surface area contributed by atoms with Gasteiger partial charge in [0.25, 0.3) is 5.91 Å². The van der Waals surface area contributed by atoms with Gasteiger partial charge in [-0.05, 0) is 79.4 Å². The van der Waals surface area contributed by atoms with Crippen LogP contribution in [-0.4, -0.2) is 21.1 Å². The maximum Gasteiger partial charge on any atom is 0.259 e. The molecule has 150 valence electrons. The molecule has 0 radical (unpaired) electrons. The number of phenols is 1. The molecule has 4 nitrogen and oxygen atoms in total. The number of hydrogen-bond donors (Lipinski definition) is 2. The summed E-state index contributed by atoms with van der Waals surface area (Å²) in [6.45, 7) is 3.55. The molecule has 7 heteroatoms. The standard InChI is InChI=1S/C22H19Cl2NO3S/c1-13-10-14(2)21(26)18(11-13)22(27)25-20-12-17(8-9-19(20)24)29(3,28)16-6-4-15(23)5-7-16/h4-12,26H,3H2,1-2H3,(H,25,27). The molecule has 0 saturated heterocycles. The van der Waals surface area contributed by atoms with Crippen LogP contribution >= 0.6 is 23.2 Å². The van der Waals surface area contributed by atoms with Crippen LogP contribution in [0.4, 0.5) is 5.69 Å². The fourth-order valence-electron chi connectivity index (χ4n) is 2.92. The van der Waals surface area contributed by atoms with Crippen LogP contribution in [0.2, 0.25) is 10.0 Å². The van der Waals surface area contributed by atoms with Crippen LogP contribution in [0.25, 0.3) is 0 Å². The van der Waals surface area contributed by atoms with E-state index in [0.29, 0.717) is 20.4 Å². The predicted molar refractivity (Wildman–Crippen MR) is 120 cm³/mol. The Morgan fingerprint density at radius 3 is 2.28 bits per heavy atom. The highest BCUT2D eigenvalue weighted by Gasteiger charge is 2.18. The van der Waals surface area contributed by atoms with Gasteiger partial charge in [-0.15, -0.1) is 0 Å². The van der Waals surface area contributed by atoms with E-state index in [4.69, 9.17) is 23.2 Å². The highest BCUT2D eigenvalue weighted by Crippen LogP contribution is 2.31. The summed E-state index contributed by atoms with van der Waals surface area (Å²) in [5, 5.41) is 13.7. The minimum absolute atomic E-state index is 0.0949. The molecule has 0 bridgehead atoms. The Hall–Kier alpha value is -2.47. The second-order valence-electron chi connectivity index (χ2n) is 6.70. The number of aryl methyl sites for hydroxylation is 2. The summed E-state index contributed by atoms with van der Waals surface area (Å²) in [6.07, 6.45) is 0. The predicted octanol–water partition coefficient (Wildman–Crippen LogP) is 5.70. The average molecular weight is 448 g/mol. The zero-order chi connectivity index (χ0) is 21.3. The molecule has 0 aliphatic carbocycles. The summed E-state index contributed by atoms with van der Waals surface area (Å²) in [4.78, 5) is 13.6. The van der Waals surface area contributed by atoms with Crippen LogP contribution in [0.3, 0.4) is 0 Å². The van der Waals surface area contributed by atoms with Crippen LogP contribution in [0.1, 0.15) is 21.5 Å². The number of phenolic OH excluding ortho intramolecular Hbond substituents is 1. The van der Waals surface area contributed by atoms with Crippen molar-refractivity contribution in [1.29, 1.82) is 0 Å². The molecule has 29 heavy (non-hydrogen) atoms. The molecule has 3 aromatic carbocycles. The van der Waals surface area contributed by atoms with Crippen molar-refractivity contribution in [1.82, 2.24) is 0 Å². The van der Waals surface area contributed by atoms with Gasteiger partial charge in [-0.3, -0.25) is 9.00 Å². The second-order valence-corrected chi connectivity index (χ2v) is 9.84. The fourth-order valence-corrected chi connectivity index (χ4v) is 4.65. The van der Waals surface area contributed by atoms with E-state index in [1.165, 1.54) is 6.07 Å². The number of carbonyl (C=O) groups is 1. The van der Waals surface area contributed by atoms with E-state index >= 15 is 0 Å². The zero-order valence-electron chi connectivity index (χ0n) is 15.8. The van der Waals surface area contributed by atoms with Crippen LogP contribution in [0.5, 0.6) is 5.75 Å². The summed E-state index contributed by atoms with van der Waals surface area (Å²) in [5.74, 6) is 3.26. The van der Waals surface area contributed by atoms with Crippen LogP contribution in [0.15, 0.2) is 64.4 Å². The zero-order valence-corrected chi connectivity index (χ0v) is 18.2. The van der Waals surface area contributed by atoms with Gasteiger partial charge in [0.1, 0.15) is 5.75 Å². The number of benzene rings is 3. The minimum atomic E-state index is -2.83. The van der Waals surface area contributed by atoms with Crippen molar-refractivity contribution in [2.45, 2.75) is 23.6 Å². The number of hydrogen-bond acceptors (Lipinski definition) is 3. The molecular weight excluding hydrogens is 429 g/mol. The molecule has 0 aliphatic heterocycles. The molecule has 0 aromatic heterocycles. The Morgan fingerprint density at radius 1 is 1.00 bits per heavy atom. The molecule has 0 fully saturated rings. The quantitative estimate of drug-likeness (QED) is 0.503. The van der Waals surface area contributed by atoms with Crippen LogP contribution in [-0.2, 0) is 9.52 Å². The van der Waals surface area contributed by atoms with Gasteiger partial charge in [0.2, 0.25) is 0 Å². The first kappa shape index (κ1) is 21.2. The van der Waals surface area contributed by atoms with Gasteiger partial charge in [0, 0.05) is 24.3 Å². The van der Waals surface area contributed by atoms with Crippen molar-refractivity contribution in [3.8, 4) is 5.75 Å². The van der Waals surface area contributed by atoms with Gasteiger partial charge in [-0.25, -0.2) is 0 Å². The Kier molecular flexibility index (Phi) is 5.94. The number of carbonyl (C=O) groups excluding carboxylic acids is 1. The number of amides is 1.